The molecule has 0 unspecified atom stereocenters. The van der Waals surface area contributed by atoms with Gasteiger partial charge in [0.15, 0.2) is 5.79 Å². The maximum absolute atomic E-state index is 11.5. The lowest BCUT2D eigenvalue weighted by molar-refractivity contribution is -0.242. The molecule has 0 spiro atoms. The molecular formula is C10H14N2O5. The van der Waals surface area contributed by atoms with E-state index < -0.39 is 23.3 Å². The molecule has 2 rings (SSSR count). The summed E-state index contributed by atoms with van der Waals surface area (Å²) in [7, 11) is 1.44. The Morgan fingerprint density at radius 1 is 1.71 bits per heavy atom. The summed E-state index contributed by atoms with van der Waals surface area (Å²) in [5.41, 5.74) is -0.989. The third kappa shape index (κ3) is 2.17. The average Bonchev–Trinajstić information content (AvgIpc) is 2.74. The highest BCUT2D eigenvalue weighted by atomic mass is 16.7. The van der Waals surface area contributed by atoms with Gasteiger partial charge in [0.05, 0.1) is 6.61 Å². The van der Waals surface area contributed by atoms with E-state index in [1.165, 1.54) is 23.9 Å². The Morgan fingerprint density at radius 2 is 2.47 bits per heavy atom. The van der Waals surface area contributed by atoms with E-state index >= 15 is 0 Å². The van der Waals surface area contributed by atoms with Gasteiger partial charge in [0, 0.05) is 25.8 Å². The zero-order valence-corrected chi connectivity index (χ0v) is 9.38. The Hall–Kier alpha value is -1.44. The Balaban J connectivity index is 2.26. The van der Waals surface area contributed by atoms with Gasteiger partial charge in [0.2, 0.25) is 0 Å². The molecule has 1 aliphatic rings. The molecule has 1 fully saturated rings. The minimum atomic E-state index is -1.06. The number of hydrogen-bond donors (Lipinski definition) is 2. The Morgan fingerprint density at radius 3 is 3.00 bits per heavy atom. The molecule has 1 aromatic rings. The SMILES string of the molecule is CO[C@@]1(CO)CC[C@H](n2ccc(=O)[nH]c2=O)O1. The second-order valence-corrected chi connectivity index (χ2v) is 3.90. The number of H-pyrrole nitrogens is 1. The van der Waals surface area contributed by atoms with Crippen LogP contribution in [0.25, 0.3) is 0 Å². The van der Waals surface area contributed by atoms with Crippen LogP contribution in [-0.2, 0) is 9.47 Å². The first kappa shape index (κ1) is 12.0. The van der Waals surface area contributed by atoms with Crippen molar-refractivity contribution in [3.8, 4) is 0 Å². The van der Waals surface area contributed by atoms with E-state index in [2.05, 4.69) is 4.98 Å². The number of aromatic amines is 1. The summed E-state index contributed by atoms with van der Waals surface area (Å²) in [6.45, 7) is -0.280. The third-order valence-electron chi connectivity index (χ3n) is 2.90. The lowest BCUT2D eigenvalue weighted by Gasteiger charge is -2.25. The number of nitrogens with one attached hydrogen (secondary N) is 1. The molecule has 94 valence electrons. The van der Waals surface area contributed by atoms with Crippen LogP contribution in [0.2, 0.25) is 0 Å². The molecule has 2 atom stereocenters. The first-order chi connectivity index (χ1) is 8.10. The van der Waals surface area contributed by atoms with Crippen LogP contribution < -0.4 is 11.2 Å². The summed E-state index contributed by atoms with van der Waals surface area (Å²) >= 11 is 0. The molecule has 0 amide bonds. The van der Waals surface area contributed by atoms with Crippen molar-refractivity contribution >= 4 is 0 Å². The van der Waals surface area contributed by atoms with E-state index in [4.69, 9.17) is 9.47 Å². The van der Waals surface area contributed by atoms with Crippen LogP contribution in [0.5, 0.6) is 0 Å². The molecule has 0 saturated carbocycles. The number of rotatable bonds is 3. The van der Waals surface area contributed by atoms with E-state index in [1.807, 2.05) is 0 Å². The van der Waals surface area contributed by atoms with Crippen LogP contribution >= 0.6 is 0 Å². The maximum Gasteiger partial charge on any atom is 0.330 e. The average molecular weight is 242 g/mol. The molecule has 17 heavy (non-hydrogen) atoms. The minimum absolute atomic E-state index is 0.280. The van der Waals surface area contributed by atoms with Crippen molar-refractivity contribution in [2.75, 3.05) is 13.7 Å². The van der Waals surface area contributed by atoms with Gasteiger partial charge in [0.25, 0.3) is 5.56 Å². The molecular weight excluding hydrogens is 228 g/mol. The molecule has 7 nitrogen and oxygen atoms in total. The lowest BCUT2D eigenvalue weighted by Crippen LogP contribution is -2.37. The van der Waals surface area contributed by atoms with E-state index in [-0.39, 0.29) is 6.61 Å². The van der Waals surface area contributed by atoms with Gasteiger partial charge in [-0.1, -0.05) is 0 Å². The number of nitrogens with zero attached hydrogens (tertiary/aromatic N) is 1. The molecule has 1 aliphatic heterocycles. The molecule has 1 aromatic heterocycles. The summed E-state index contributed by atoms with van der Waals surface area (Å²) in [6, 6.07) is 1.25. The van der Waals surface area contributed by atoms with Gasteiger partial charge in [-0.25, -0.2) is 4.79 Å². The fourth-order valence-corrected chi connectivity index (χ4v) is 1.89. The number of aliphatic hydroxyl groups excluding tert-OH is 1. The second-order valence-electron chi connectivity index (χ2n) is 3.90. The van der Waals surface area contributed by atoms with Crippen LogP contribution in [0.4, 0.5) is 0 Å². The molecule has 2 heterocycles. The van der Waals surface area contributed by atoms with Crippen molar-refractivity contribution in [3.05, 3.63) is 33.1 Å². The molecule has 2 N–H and O–H groups in total. The predicted octanol–water partition coefficient (Wildman–Crippen LogP) is -0.819. The highest BCUT2D eigenvalue weighted by Crippen LogP contribution is 2.35. The number of methoxy groups -OCH3 is 1. The fourth-order valence-electron chi connectivity index (χ4n) is 1.89. The van der Waals surface area contributed by atoms with Crippen LogP contribution in [0.1, 0.15) is 19.1 Å². The summed E-state index contributed by atoms with van der Waals surface area (Å²) in [6.07, 6.45) is 1.84. The number of ether oxygens (including phenoxy) is 2. The van der Waals surface area contributed by atoms with E-state index in [0.717, 1.165) is 0 Å². The second kappa shape index (κ2) is 4.44. The topological polar surface area (TPSA) is 93.5 Å². The summed E-state index contributed by atoms with van der Waals surface area (Å²) in [5, 5.41) is 9.20. The van der Waals surface area contributed by atoms with Crippen LogP contribution in [0.3, 0.4) is 0 Å². The molecule has 0 radical (unpaired) electrons. The van der Waals surface area contributed by atoms with Crippen molar-refractivity contribution in [2.45, 2.75) is 24.9 Å². The van der Waals surface area contributed by atoms with Crippen molar-refractivity contribution in [1.29, 1.82) is 0 Å². The van der Waals surface area contributed by atoms with Gasteiger partial charge in [-0.05, 0) is 6.42 Å². The summed E-state index contributed by atoms with van der Waals surface area (Å²) in [4.78, 5) is 24.6. The largest absolute Gasteiger partial charge is 0.391 e. The number of aromatic nitrogens is 2. The molecule has 0 aliphatic carbocycles. The molecule has 0 aromatic carbocycles. The molecule has 1 saturated heterocycles. The van der Waals surface area contributed by atoms with Crippen molar-refractivity contribution in [1.82, 2.24) is 9.55 Å². The number of aliphatic hydroxyl groups is 1. The van der Waals surface area contributed by atoms with Crippen LogP contribution in [-0.4, -0.2) is 34.2 Å². The van der Waals surface area contributed by atoms with E-state index in [9.17, 15) is 14.7 Å². The van der Waals surface area contributed by atoms with Gasteiger partial charge >= 0.3 is 5.69 Å². The Kier molecular flexibility index (Phi) is 3.14. The quantitative estimate of drug-likeness (QED) is 0.722. The molecule has 0 bridgehead atoms. The van der Waals surface area contributed by atoms with Crippen molar-refractivity contribution in [3.63, 3.8) is 0 Å². The van der Waals surface area contributed by atoms with Gasteiger partial charge in [-0.15, -0.1) is 0 Å². The fraction of sp³-hybridized carbons (Fsp3) is 0.600. The van der Waals surface area contributed by atoms with Gasteiger partial charge in [0.1, 0.15) is 6.23 Å². The monoisotopic (exact) mass is 242 g/mol. The Labute approximate surface area is 96.6 Å². The molecule has 7 heteroatoms. The standard InChI is InChI=1S/C10H14N2O5/c1-16-10(6-13)4-2-8(17-10)12-5-3-7(14)11-9(12)15/h3,5,8,13H,2,4,6H2,1H3,(H,11,14,15)/t8-,10+/m1/s1. The third-order valence-corrected chi connectivity index (χ3v) is 2.90. The zero-order chi connectivity index (χ0) is 12.5. The van der Waals surface area contributed by atoms with Crippen LogP contribution in [0.15, 0.2) is 21.9 Å². The highest BCUT2D eigenvalue weighted by molar-refractivity contribution is 4.87. The predicted molar refractivity (Wildman–Crippen MR) is 57.5 cm³/mol. The van der Waals surface area contributed by atoms with Gasteiger partial charge in [-0.2, -0.15) is 0 Å². The first-order valence-electron chi connectivity index (χ1n) is 5.25. The number of hydrogen-bond acceptors (Lipinski definition) is 5. The van der Waals surface area contributed by atoms with E-state index in [0.29, 0.717) is 12.8 Å². The van der Waals surface area contributed by atoms with Crippen molar-refractivity contribution in [2.24, 2.45) is 0 Å². The zero-order valence-electron chi connectivity index (χ0n) is 9.38. The summed E-state index contributed by atoms with van der Waals surface area (Å²) in [5.74, 6) is -1.06. The Bertz CT molecular complexity index is 502. The first-order valence-corrected chi connectivity index (χ1v) is 5.25. The lowest BCUT2D eigenvalue weighted by atomic mass is 10.2. The van der Waals surface area contributed by atoms with Gasteiger partial charge in [-0.3, -0.25) is 14.3 Å². The minimum Gasteiger partial charge on any atom is -0.391 e. The van der Waals surface area contributed by atoms with Crippen molar-refractivity contribution < 1.29 is 14.6 Å². The van der Waals surface area contributed by atoms with E-state index in [1.54, 1.807) is 0 Å². The highest BCUT2D eigenvalue weighted by Gasteiger charge is 2.41. The normalized spacial score (nSPS) is 28.5. The van der Waals surface area contributed by atoms with Gasteiger partial charge < -0.3 is 14.6 Å². The van der Waals surface area contributed by atoms with Crippen LogP contribution in [0, 0.1) is 0 Å². The summed E-state index contributed by atoms with van der Waals surface area (Å²) < 4.78 is 11.9. The maximum atomic E-state index is 11.5. The smallest absolute Gasteiger partial charge is 0.330 e.